The number of hydroxylamine groups is 2. The number of hydrogen-bond acceptors (Lipinski definition) is 5. The van der Waals surface area contributed by atoms with E-state index in [1.54, 1.807) is 25.8 Å². The summed E-state index contributed by atoms with van der Waals surface area (Å²) in [6.07, 6.45) is 0. The van der Waals surface area contributed by atoms with Crippen molar-refractivity contribution in [3.63, 3.8) is 0 Å². The molecule has 1 heterocycles. The summed E-state index contributed by atoms with van der Waals surface area (Å²) in [4.78, 5) is 5.39. The number of nitrogens with zero attached hydrogens (tertiary/aromatic N) is 1. The van der Waals surface area contributed by atoms with E-state index in [1.807, 2.05) is 0 Å². The highest BCUT2D eigenvalue weighted by molar-refractivity contribution is 7.92. The van der Waals surface area contributed by atoms with Crippen molar-refractivity contribution < 1.29 is 18.0 Å². The van der Waals surface area contributed by atoms with Gasteiger partial charge in [0.05, 0.1) is 30.3 Å². The van der Waals surface area contributed by atoms with E-state index in [9.17, 15) is 8.42 Å². The zero-order valence-corrected chi connectivity index (χ0v) is 11.0. The van der Waals surface area contributed by atoms with Crippen LogP contribution < -0.4 is 0 Å². The minimum absolute atomic E-state index is 0.0634. The molecular weight excluding hydrogens is 230 g/mol. The number of sulfone groups is 1. The second kappa shape index (κ2) is 5.44. The van der Waals surface area contributed by atoms with E-state index in [4.69, 9.17) is 9.57 Å². The van der Waals surface area contributed by atoms with Crippen LogP contribution in [0.5, 0.6) is 0 Å². The van der Waals surface area contributed by atoms with Crippen molar-refractivity contribution >= 4 is 9.84 Å². The number of hydrogen-bond donors (Lipinski definition) is 0. The van der Waals surface area contributed by atoms with Gasteiger partial charge in [-0.2, -0.15) is 5.06 Å². The van der Waals surface area contributed by atoms with Crippen molar-refractivity contribution in [2.45, 2.75) is 25.5 Å². The van der Waals surface area contributed by atoms with E-state index in [2.05, 4.69) is 0 Å². The molecule has 6 heteroatoms. The Hall–Kier alpha value is -0.170. The van der Waals surface area contributed by atoms with Crippen LogP contribution in [0.3, 0.4) is 0 Å². The van der Waals surface area contributed by atoms with E-state index in [0.717, 1.165) is 0 Å². The predicted molar refractivity (Wildman–Crippen MR) is 61.9 cm³/mol. The molecule has 0 amide bonds. The Labute approximate surface area is 97.6 Å². The molecule has 1 aliphatic rings. The van der Waals surface area contributed by atoms with Crippen LogP contribution in [0.2, 0.25) is 0 Å². The van der Waals surface area contributed by atoms with Crippen LogP contribution in [0.25, 0.3) is 0 Å². The SMILES string of the molecule is CC(C)(C)S(=O)(=O)CCON1CCOCC1. The molecule has 0 aromatic carbocycles. The first-order chi connectivity index (χ1) is 7.33. The second-order valence-corrected chi connectivity index (χ2v) is 7.67. The van der Waals surface area contributed by atoms with Crippen molar-refractivity contribution in [3.8, 4) is 0 Å². The first kappa shape index (κ1) is 13.9. The third kappa shape index (κ3) is 4.01. The fourth-order valence-corrected chi connectivity index (χ4v) is 2.16. The topological polar surface area (TPSA) is 55.8 Å². The molecule has 1 rings (SSSR count). The van der Waals surface area contributed by atoms with Gasteiger partial charge >= 0.3 is 0 Å². The molecule has 0 aromatic rings. The number of morpholine rings is 1. The van der Waals surface area contributed by atoms with E-state index >= 15 is 0 Å². The van der Waals surface area contributed by atoms with Gasteiger partial charge in [0.15, 0.2) is 9.84 Å². The van der Waals surface area contributed by atoms with Crippen LogP contribution >= 0.6 is 0 Å². The monoisotopic (exact) mass is 251 g/mol. The Balaban J connectivity index is 2.29. The molecule has 0 spiro atoms. The summed E-state index contributed by atoms with van der Waals surface area (Å²) in [7, 11) is -3.08. The summed E-state index contributed by atoms with van der Waals surface area (Å²) in [5.41, 5.74) is 0. The van der Waals surface area contributed by atoms with Gasteiger partial charge in [-0.15, -0.1) is 0 Å². The summed E-state index contributed by atoms with van der Waals surface area (Å²) in [5, 5.41) is 1.77. The lowest BCUT2D eigenvalue weighted by Crippen LogP contribution is -2.38. The lowest BCUT2D eigenvalue weighted by Gasteiger charge is -2.26. The van der Waals surface area contributed by atoms with Crippen LogP contribution in [-0.4, -0.2) is 56.9 Å². The van der Waals surface area contributed by atoms with Gasteiger partial charge in [0.25, 0.3) is 0 Å². The van der Waals surface area contributed by atoms with E-state index < -0.39 is 14.6 Å². The van der Waals surface area contributed by atoms with E-state index in [0.29, 0.717) is 26.3 Å². The van der Waals surface area contributed by atoms with Crippen molar-refractivity contribution in [1.82, 2.24) is 5.06 Å². The summed E-state index contributed by atoms with van der Waals surface area (Å²) < 4.78 is 28.0. The van der Waals surface area contributed by atoms with Crippen molar-refractivity contribution in [2.24, 2.45) is 0 Å². The van der Waals surface area contributed by atoms with Gasteiger partial charge in [-0.1, -0.05) is 0 Å². The fourth-order valence-electron chi connectivity index (χ4n) is 1.26. The molecule has 0 N–H and O–H groups in total. The van der Waals surface area contributed by atoms with Crippen LogP contribution in [-0.2, 0) is 19.4 Å². The van der Waals surface area contributed by atoms with Gasteiger partial charge in [-0.05, 0) is 20.8 Å². The molecule has 0 aromatic heterocycles. The van der Waals surface area contributed by atoms with Gasteiger partial charge in [0.2, 0.25) is 0 Å². The maximum absolute atomic E-state index is 11.8. The highest BCUT2D eigenvalue weighted by Crippen LogP contribution is 2.15. The Morgan fingerprint density at radius 2 is 1.81 bits per heavy atom. The molecule has 1 saturated heterocycles. The van der Waals surface area contributed by atoms with Gasteiger partial charge in [-0.3, -0.25) is 4.84 Å². The molecule has 0 aliphatic carbocycles. The first-order valence-electron chi connectivity index (χ1n) is 5.51. The van der Waals surface area contributed by atoms with Crippen LogP contribution in [0, 0.1) is 0 Å². The molecule has 96 valence electrons. The Kier molecular flexibility index (Phi) is 4.73. The minimum Gasteiger partial charge on any atom is -0.379 e. The van der Waals surface area contributed by atoms with Gasteiger partial charge in [0.1, 0.15) is 0 Å². The Bertz CT molecular complexity index is 301. The zero-order valence-electron chi connectivity index (χ0n) is 10.2. The number of rotatable bonds is 4. The highest BCUT2D eigenvalue weighted by Gasteiger charge is 2.28. The van der Waals surface area contributed by atoms with Crippen molar-refractivity contribution in [1.29, 1.82) is 0 Å². The summed E-state index contributed by atoms with van der Waals surface area (Å²) >= 11 is 0. The summed E-state index contributed by atoms with van der Waals surface area (Å²) in [6, 6.07) is 0. The number of ether oxygens (including phenoxy) is 1. The second-order valence-electron chi connectivity index (χ2n) is 4.81. The fraction of sp³-hybridized carbons (Fsp3) is 1.00. The molecule has 1 fully saturated rings. The lowest BCUT2D eigenvalue weighted by molar-refractivity contribution is -0.189. The standard InChI is InChI=1S/C10H21NO4S/c1-10(2,3)16(12,13)9-8-15-11-4-6-14-7-5-11/h4-9H2,1-3H3. The maximum atomic E-state index is 11.8. The highest BCUT2D eigenvalue weighted by atomic mass is 32.2. The molecule has 0 unspecified atom stereocenters. The van der Waals surface area contributed by atoms with Crippen molar-refractivity contribution in [3.05, 3.63) is 0 Å². The summed E-state index contributed by atoms with van der Waals surface area (Å²) in [5.74, 6) is 0.0634. The van der Waals surface area contributed by atoms with Gasteiger partial charge in [0, 0.05) is 13.1 Å². The first-order valence-corrected chi connectivity index (χ1v) is 7.16. The third-order valence-electron chi connectivity index (χ3n) is 2.53. The zero-order chi connectivity index (χ0) is 12.2. The normalized spacial score (nSPS) is 19.9. The van der Waals surface area contributed by atoms with Gasteiger partial charge < -0.3 is 4.74 Å². The molecule has 5 nitrogen and oxygen atoms in total. The van der Waals surface area contributed by atoms with Crippen LogP contribution in [0.15, 0.2) is 0 Å². The lowest BCUT2D eigenvalue weighted by atomic mass is 10.3. The average Bonchev–Trinajstić information content (AvgIpc) is 2.17. The average molecular weight is 251 g/mol. The van der Waals surface area contributed by atoms with Gasteiger partial charge in [-0.25, -0.2) is 8.42 Å². The van der Waals surface area contributed by atoms with E-state index in [1.165, 1.54) is 0 Å². The molecule has 0 radical (unpaired) electrons. The molecule has 0 atom stereocenters. The third-order valence-corrected chi connectivity index (χ3v) is 5.10. The largest absolute Gasteiger partial charge is 0.379 e. The Morgan fingerprint density at radius 1 is 1.25 bits per heavy atom. The van der Waals surface area contributed by atoms with Crippen molar-refractivity contribution in [2.75, 3.05) is 38.7 Å². The smallest absolute Gasteiger partial charge is 0.157 e. The Morgan fingerprint density at radius 3 is 2.31 bits per heavy atom. The quantitative estimate of drug-likeness (QED) is 0.726. The van der Waals surface area contributed by atoms with Crippen LogP contribution in [0.1, 0.15) is 20.8 Å². The molecule has 0 saturated carbocycles. The predicted octanol–water partition coefficient (Wildman–Crippen LogP) is 0.464. The molecular formula is C10H21NO4S. The molecule has 16 heavy (non-hydrogen) atoms. The molecule has 1 aliphatic heterocycles. The maximum Gasteiger partial charge on any atom is 0.157 e. The van der Waals surface area contributed by atoms with Crippen LogP contribution in [0.4, 0.5) is 0 Å². The molecule has 0 bridgehead atoms. The minimum atomic E-state index is -3.08. The summed E-state index contributed by atoms with van der Waals surface area (Å²) in [6.45, 7) is 8.04. The van der Waals surface area contributed by atoms with E-state index in [-0.39, 0.29) is 12.4 Å².